The fraction of sp³-hybridized carbons (Fsp3) is 0.429. The molecule has 98 valence electrons. The molecule has 1 atom stereocenters. The van der Waals surface area contributed by atoms with Gasteiger partial charge in [0.1, 0.15) is 0 Å². The second-order valence-electron chi connectivity index (χ2n) is 4.40. The average Bonchev–Trinajstić information content (AvgIpc) is 2.36. The molecule has 0 fully saturated rings. The largest absolute Gasteiger partial charge is 0.393 e. The van der Waals surface area contributed by atoms with Crippen molar-refractivity contribution in [2.24, 2.45) is 11.7 Å². The summed E-state index contributed by atoms with van der Waals surface area (Å²) in [5, 5.41) is 0. The van der Waals surface area contributed by atoms with Gasteiger partial charge in [-0.1, -0.05) is 49.5 Å². The molecule has 18 heavy (non-hydrogen) atoms. The lowest BCUT2D eigenvalue weighted by atomic mass is 9.98. The van der Waals surface area contributed by atoms with Crippen LogP contribution in [0.3, 0.4) is 0 Å². The molecule has 3 nitrogen and oxygen atoms in total. The fourth-order valence-electron chi connectivity index (χ4n) is 1.87. The smallest absolute Gasteiger partial charge is 0.232 e. The molecule has 0 radical (unpaired) electrons. The lowest BCUT2D eigenvalue weighted by Crippen LogP contribution is -2.40. The number of rotatable bonds is 6. The third kappa shape index (κ3) is 4.11. The van der Waals surface area contributed by atoms with Crippen molar-refractivity contribution in [3.8, 4) is 0 Å². The van der Waals surface area contributed by atoms with Crippen LogP contribution in [0.5, 0.6) is 0 Å². The standard InChI is InChI=1S/C14H20N2OS/c1-3-9-16(2)14(17)12(13(15)18)10-11-7-5-4-6-8-11/h4-8,12H,3,9-10H2,1-2H3,(H2,15,18). The Bertz CT molecular complexity index is 406. The molecular formula is C14H20N2OS. The normalized spacial score (nSPS) is 11.9. The van der Waals surface area contributed by atoms with Gasteiger partial charge in [0.25, 0.3) is 0 Å². The molecular weight excluding hydrogens is 244 g/mol. The zero-order valence-electron chi connectivity index (χ0n) is 10.9. The number of amides is 1. The van der Waals surface area contributed by atoms with Gasteiger partial charge in [-0.3, -0.25) is 4.79 Å². The van der Waals surface area contributed by atoms with Crippen LogP contribution in [0.25, 0.3) is 0 Å². The highest BCUT2D eigenvalue weighted by atomic mass is 32.1. The summed E-state index contributed by atoms with van der Waals surface area (Å²) in [7, 11) is 1.79. The lowest BCUT2D eigenvalue weighted by molar-refractivity contribution is -0.132. The Balaban J connectivity index is 2.77. The summed E-state index contributed by atoms with van der Waals surface area (Å²) in [5.74, 6) is -0.396. The molecule has 0 heterocycles. The second-order valence-corrected chi connectivity index (χ2v) is 4.88. The molecule has 0 spiro atoms. The van der Waals surface area contributed by atoms with Gasteiger partial charge in [0, 0.05) is 13.6 Å². The van der Waals surface area contributed by atoms with Gasteiger partial charge in [-0.15, -0.1) is 0 Å². The number of hydrogen-bond donors (Lipinski definition) is 1. The number of hydrogen-bond acceptors (Lipinski definition) is 2. The van der Waals surface area contributed by atoms with Crippen molar-refractivity contribution < 1.29 is 4.79 Å². The summed E-state index contributed by atoms with van der Waals surface area (Å²) in [5.41, 5.74) is 6.78. The predicted octanol–water partition coefficient (Wildman–Crippen LogP) is 2.00. The highest BCUT2D eigenvalue weighted by molar-refractivity contribution is 7.80. The maximum atomic E-state index is 12.2. The van der Waals surface area contributed by atoms with Crippen LogP contribution in [-0.4, -0.2) is 29.4 Å². The molecule has 0 saturated heterocycles. The van der Waals surface area contributed by atoms with Crippen molar-refractivity contribution >= 4 is 23.1 Å². The van der Waals surface area contributed by atoms with Crippen LogP contribution in [0.1, 0.15) is 18.9 Å². The van der Waals surface area contributed by atoms with E-state index in [0.717, 1.165) is 18.5 Å². The van der Waals surface area contributed by atoms with Gasteiger partial charge >= 0.3 is 0 Å². The van der Waals surface area contributed by atoms with Crippen molar-refractivity contribution in [2.75, 3.05) is 13.6 Å². The third-order valence-electron chi connectivity index (χ3n) is 2.86. The van der Waals surface area contributed by atoms with Crippen molar-refractivity contribution in [3.05, 3.63) is 35.9 Å². The van der Waals surface area contributed by atoms with Crippen LogP contribution in [0.2, 0.25) is 0 Å². The van der Waals surface area contributed by atoms with Gasteiger partial charge in [0.05, 0.1) is 10.9 Å². The molecule has 0 aliphatic rings. The van der Waals surface area contributed by atoms with Crippen molar-refractivity contribution in [1.29, 1.82) is 0 Å². The van der Waals surface area contributed by atoms with Crippen LogP contribution >= 0.6 is 12.2 Å². The molecule has 1 aromatic rings. The number of carbonyl (C=O) groups excluding carboxylic acids is 1. The van der Waals surface area contributed by atoms with E-state index >= 15 is 0 Å². The van der Waals surface area contributed by atoms with E-state index in [-0.39, 0.29) is 10.9 Å². The van der Waals surface area contributed by atoms with Crippen LogP contribution in [0, 0.1) is 5.92 Å². The molecule has 1 aromatic carbocycles. The summed E-state index contributed by atoms with van der Waals surface area (Å²) in [6, 6.07) is 9.82. The molecule has 4 heteroatoms. The minimum absolute atomic E-state index is 0.00760. The summed E-state index contributed by atoms with van der Waals surface area (Å²) < 4.78 is 0. The molecule has 1 amide bonds. The van der Waals surface area contributed by atoms with E-state index in [2.05, 4.69) is 0 Å². The summed E-state index contributed by atoms with van der Waals surface area (Å²) >= 11 is 5.03. The van der Waals surface area contributed by atoms with Crippen LogP contribution in [0.4, 0.5) is 0 Å². The van der Waals surface area contributed by atoms with Crippen LogP contribution in [0.15, 0.2) is 30.3 Å². The van der Waals surface area contributed by atoms with Gasteiger partial charge in [0.2, 0.25) is 5.91 Å². The Morgan fingerprint density at radius 1 is 1.39 bits per heavy atom. The molecule has 0 aliphatic heterocycles. The van der Waals surface area contributed by atoms with E-state index in [4.69, 9.17) is 18.0 Å². The Morgan fingerprint density at radius 2 is 2.00 bits per heavy atom. The predicted molar refractivity (Wildman–Crippen MR) is 78.3 cm³/mol. The van der Waals surface area contributed by atoms with Gasteiger partial charge in [-0.25, -0.2) is 0 Å². The maximum absolute atomic E-state index is 12.2. The first-order valence-electron chi connectivity index (χ1n) is 6.14. The van der Waals surface area contributed by atoms with E-state index < -0.39 is 5.92 Å². The molecule has 0 aliphatic carbocycles. The first-order chi connectivity index (χ1) is 8.56. The maximum Gasteiger partial charge on any atom is 0.232 e. The molecule has 0 aromatic heterocycles. The average molecular weight is 264 g/mol. The molecule has 1 rings (SSSR count). The first kappa shape index (κ1) is 14.6. The Hall–Kier alpha value is -1.42. The Labute approximate surface area is 114 Å². The molecule has 0 saturated carbocycles. The summed E-state index contributed by atoms with van der Waals surface area (Å²) in [4.78, 5) is 14.2. The van der Waals surface area contributed by atoms with Gasteiger partial charge < -0.3 is 10.6 Å². The van der Waals surface area contributed by atoms with Gasteiger partial charge in [0.15, 0.2) is 0 Å². The first-order valence-corrected chi connectivity index (χ1v) is 6.55. The number of nitrogens with zero attached hydrogens (tertiary/aromatic N) is 1. The van der Waals surface area contributed by atoms with E-state index in [1.165, 1.54) is 0 Å². The molecule has 2 N–H and O–H groups in total. The van der Waals surface area contributed by atoms with Crippen LogP contribution in [-0.2, 0) is 11.2 Å². The molecule has 1 unspecified atom stereocenters. The zero-order valence-corrected chi connectivity index (χ0v) is 11.7. The van der Waals surface area contributed by atoms with Crippen molar-refractivity contribution in [2.45, 2.75) is 19.8 Å². The van der Waals surface area contributed by atoms with Gasteiger partial charge in [-0.05, 0) is 18.4 Å². The number of carbonyl (C=O) groups is 1. The monoisotopic (exact) mass is 264 g/mol. The van der Waals surface area contributed by atoms with E-state index in [0.29, 0.717) is 6.42 Å². The fourth-order valence-corrected chi connectivity index (χ4v) is 2.06. The van der Waals surface area contributed by atoms with Crippen molar-refractivity contribution in [3.63, 3.8) is 0 Å². The highest BCUT2D eigenvalue weighted by Crippen LogP contribution is 2.12. The third-order valence-corrected chi connectivity index (χ3v) is 3.14. The number of thiocarbonyl (C=S) groups is 1. The Kier molecular flexibility index (Phi) is 5.78. The quantitative estimate of drug-likeness (QED) is 0.799. The van der Waals surface area contributed by atoms with E-state index in [1.807, 2.05) is 37.3 Å². The van der Waals surface area contributed by atoms with E-state index in [9.17, 15) is 4.79 Å². The zero-order chi connectivity index (χ0) is 13.5. The highest BCUT2D eigenvalue weighted by Gasteiger charge is 2.24. The number of benzene rings is 1. The minimum atomic E-state index is -0.404. The number of nitrogens with two attached hydrogens (primary N) is 1. The topological polar surface area (TPSA) is 46.3 Å². The lowest BCUT2D eigenvalue weighted by Gasteiger charge is -2.22. The Morgan fingerprint density at radius 3 is 2.50 bits per heavy atom. The second kappa shape index (κ2) is 7.11. The van der Waals surface area contributed by atoms with E-state index in [1.54, 1.807) is 11.9 Å². The molecule has 0 bridgehead atoms. The minimum Gasteiger partial charge on any atom is -0.393 e. The SMILES string of the molecule is CCCN(C)C(=O)C(Cc1ccccc1)C(N)=S. The summed E-state index contributed by atoms with van der Waals surface area (Å²) in [6.45, 7) is 2.77. The van der Waals surface area contributed by atoms with Gasteiger partial charge in [-0.2, -0.15) is 0 Å². The summed E-state index contributed by atoms with van der Waals surface area (Å²) in [6.07, 6.45) is 1.50. The van der Waals surface area contributed by atoms with Crippen LogP contribution < -0.4 is 5.73 Å². The van der Waals surface area contributed by atoms with Crippen molar-refractivity contribution in [1.82, 2.24) is 4.90 Å².